The molecule has 24 heavy (non-hydrogen) atoms. The summed E-state index contributed by atoms with van der Waals surface area (Å²) in [4.78, 5) is 16.2. The number of rotatable bonds is 3. The molecule has 3 rings (SSSR count). The zero-order valence-electron chi connectivity index (χ0n) is 12.1. The van der Waals surface area contributed by atoms with Crippen molar-refractivity contribution >= 4 is 45.0 Å². The molecular formula is C13H13ClF3N3O3S. The van der Waals surface area contributed by atoms with Gasteiger partial charge in [-0.1, -0.05) is 11.3 Å². The number of morpholine rings is 1. The summed E-state index contributed by atoms with van der Waals surface area (Å²) in [7, 11) is 0. The molecule has 1 fully saturated rings. The largest absolute Gasteiger partial charge is 0.573 e. The van der Waals surface area contributed by atoms with Gasteiger partial charge in [-0.15, -0.1) is 25.6 Å². The molecule has 132 valence electrons. The summed E-state index contributed by atoms with van der Waals surface area (Å²) in [5, 5.41) is 5.94. The van der Waals surface area contributed by atoms with E-state index in [1.54, 1.807) is 0 Å². The molecule has 1 atom stereocenters. The predicted octanol–water partition coefficient (Wildman–Crippen LogP) is 2.54. The summed E-state index contributed by atoms with van der Waals surface area (Å²) >= 11 is 1.06. The third-order valence-electron chi connectivity index (χ3n) is 3.04. The maximum Gasteiger partial charge on any atom is 0.573 e. The van der Waals surface area contributed by atoms with E-state index in [1.807, 2.05) is 0 Å². The van der Waals surface area contributed by atoms with Crippen LogP contribution in [0.25, 0.3) is 10.2 Å². The minimum absolute atomic E-state index is 0. The van der Waals surface area contributed by atoms with Crippen molar-refractivity contribution in [3.8, 4) is 5.75 Å². The van der Waals surface area contributed by atoms with Crippen LogP contribution in [0, 0.1) is 0 Å². The first-order chi connectivity index (χ1) is 10.9. The van der Waals surface area contributed by atoms with Crippen molar-refractivity contribution in [2.45, 2.75) is 12.5 Å². The second kappa shape index (κ2) is 7.51. The molecular weight excluding hydrogens is 371 g/mol. The highest BCUT2D eigenvalue weighted by atomic mass is 35.5. The number of halogens is 4. The molecule has 1 saturated heterocycles. The molecule has 2 aromatic rings. The number of hydrogen-bond acceptors (Lipinski definition) is 6. The van der Waals surface area contributed by atoms with E-state index in [9.17, 15) is 18.0 Å². The molecule has 1 aromatic heterocycles. The molecule has 1 aliphatic rings. The number of anilines is 1. The van der Waals surface area contributed by atoms with E-state index in [0.717, 1.165) is 11.3 Å². The van der Waals surface area contributed by atoms with Crippen molar-refractivity contribution in [3.05, 3.63) is 18.2 Å². The van der Waals surface area contributed by atoms with Gasteiger partial charge in [0.05, 0.1) is 16.8 Å². The number of alkyl halides is 3. The normalized spacial score (nSPS) is 18.0. The van der Waals surface area contributed by atoms with Gasteiger partial charge in [0.1, 0.15) is 11.9 Å². The van der Waals surface area contributed by atoms with Crippen LogP contribution in [0.4, 0.5) is 18.3 Å². The minimum Gasteiger partial charge on any atom is -0.406 e. The Morgan fingerprint density at radius 2 is 2.25 bits per heavy atom. The number of nitrogens with one attached hydrogen (secondary N) is 2. The minimum atomic E-state index is -4.75. The van der Waals surface area contributed by atoms with Crippen molar-refractivity contribution in [1.29, 1.82) is 0 Å². The average Bonchev–Trinajstić information content (AvgIpc) is 2.88. The lowest BCUT2D eigenvalue weighted by Crippen LogP contribution is -2.45. The van der Waals surface area contributed by atoms with Crippen LogP contribution >= 0.6 is 23.7 Å². The molecule has 0 radical (unpaired) electrons. The van der Waals surface area contributed by atoms with Crippen LogP contribution in [-0.2, 0) is 9.53 Å². The van der Waals surface area contributed by atoms with E-state index >= 15 is 0 Å². The fourth-order valence-corrected chi connectivity index (χ4v) is 2.97. The van der Waals surface area contributed by atoms with Gasteiger partial charge in [-0.25, -0.2) is 4.98 Å². The third-order valence-corrected chi connectivity index (χ3v) is 3.98. The van der Waals surface area contributed by atoms with Crippen molar-refractivity contribution in [1.82, 2.24) is 10.3 Å². The third kappa shape index (κ3) is 4.69. The van der Waals surface area contributed by atoms with Crippen LogP contribution in [0.2, 0.25) is 0 Å². The second-order valence-electron chi connectivity index (χ2n) is 4.75. The molecule has 6 nitrogen and oxygen atoms in total. The highest BCUT2D eigenvalue weighted by molar-refractivity contribution is 7.22. The number of benzene rings is 1. The lowest BCUT2D eigenvalue weighted by molar-refractivity contribution is -0.274. The zero-order valence-corrected chi connectivity index (χ0v) is 13.7. The molecule has 11 heteroatoms. The molecule has 2 N–H and O–H groups in total. The predicted molar refractivity (Wildman–Crippen MR) is 84.8 cm³/mol. The summed E-state index contributed by atoms with van der Waals surface area (Å²) in [5.41, 5.74) is 0.475. The smallest absolute Gasteiger partial charge is 0.406 e. The number of aromatic nitrogens is 1. The Morgan fingerprint density at radius 3 is 2.92 bits per heavy atom. The Balaban J connectivity index is 0.00000208. The van der Waals surface area contributed by atoms with Gasteiger partial charge in [0, 0.05) is 19.2 Å². The maximum atomic E-state index is 12.2. The molecule has 0 aliphatic carbocycles. The van der Waals surface area contributed by atoms with Crippen LogP contribution in [-0.4, -0.2) is 43.1 Å². The molecule has 1 aliphatic heterocycles. The SMILES string of the molecule is Cl.O=C(Nc1nc2ccc(OC(F)(F)F)cc2s1)C1CNCCO1. The molecule has 2 heterocycles. The Bertz CT molecular complexity index is 719. The lowest BCUT2D eigenvalue weighted by atomic mass is 10.3. The van der Waals surface area contributed by atoms with Gasteiger partial charge in [0.25, 0.3) is 5.91 Å². The number of hydrogen-bond donors (Lipinski definition) is 2. The van der Waals surface area contributed by atoms with Crippen LogP contribution in [0.5, 0.6) is 5.75 Å². The number of amides is 1. The van der Waals surface area contributed by atoms with Crippen LogP contribution < -0.4 is 15.4 Å². The first-order valence-corrected chi connectivity index (χ1v) is 7.52. The van der Waals surface area contributed by atoms with Crippen LogP contribution in [0.15, 0.2) is 18.2 Å². The van der Waals surface area contributed by atoms with E-state index in [-0.39, 0.29) is 24.1 Å². The Kier molecular flexibility index (Phi) is 5.86. The Hall–Kier alpha value is -1.62. The number of nitrogens with zero attached hydrogens (tertiary/aromatic N) is 1. The fraction of sp³-hybridized carbons (Fsp3) is 0.385. The summed E-state index contributed by atoms with van der Waals surface area (Å²) in [6, 6.07) is 3.81. The summed E-state index contributed by atoms with van der Waals surface area (Å²) in [6.45, 7) is 1.53. The monoisotopic (exact) mass is 383 g/mol. The highest BCUT2D eigenvalue weighted by Gasteiger charge is 2.31. The van der Waals surface area contributed by atoms with Gasteiger partial charge in [0.2, 0.25) is 0 Å². The van der Waals surface area contributed by atoms with Gasteiger partial charge < -0.3 is 14.8 Å². The van der Waals surface area contributed by atoms with E-state index in [2.05, 4.69) is 20.4 Å². The highest BCUT2D eigenvalue weighted by Crippen LogP contribution is 2.31. The summed E-state index contributed by atoms with van der Waals surface area (Å²) in [5.74, 6) is -0.672. The van der Waals surface area contributed by atoms with Crippen molar-refractivity contribution in [2.24, 2.45) is 0 Å². The van der Waals surface area contributed by atoms with Crippen molar-refractivity contribution in [3.63, 3.8) is 0 Å². The van der Waals surface area contributed by atoms with Crippen molar-refractivity contribution in [2.75, 3.05) is 25.0 Å². The standard InChI is InChI=1S/C13H12F3N3O3S.ClH/c14-13(15,16)22-7-1-2-8-10(5-7)23-12(18-8)19-11(20)9-6-17-3-4-21-9;/h1-2,5,9,17H,3-4,6H2,(H,18,19,20);1H. The van der Waals surface area contributed by atoms with Gasteiger partial charge in [-0.2, -0.15) is 0 Å². The van der Waals surface area contributed by atoms with Crippen LogP contribution in [0.1, 0.15) is 0 Å². The van der Waals surface area contributed by atoms with Gasteiger partial charge >= 0.3 is 6.36 Å². The fourth-order valence-electron chi connectivity index (χ4n) is 2.08. The van der Waals surface area contributed by atoms with Gasteiger partial charge in [0.15, 0.2) is 5.13 Å². The number of carbonyl (C=O) groups excluding carboxylic acids is 1. The van der Waals surface area contributed by atoms with E-state index in [0.29, 0.717) is 35.0 Å². The average molecular weight is 384 g/mol. The zero-order chi connectivity index (χ0) is 16.4. The lowest BCUT2D eigenvalue weighted by Gasteiger charge is -2.22. The van der Waals surface area contributed by atoms with Crippen LogP contribution in [0.3, 0.4) is 0 Å². The number of ether oxygens (including phenoxy) is 2. The van der Waals surface area contributed by atoms with Crippen molar-refractivity contribution < 1.29 is 27.4 Å². The van der Waals surface area contributed by atoms with Gasteiger partial charge in [-0.3, -0.25) is 10.1 Å². The van der Waals surface area contributed by atoms with Gasteiger partial charge in [-0.05, 0) is 12.1 Å². The number of thiazole rings is 1. The quantitative estimate of drug-likeness (QED) is 0.852. The molecule has 1 aromatic carbocycles. The molecule has 0 spiro atoms. The second-order valence-corrected chi connectivity index (χ2v) is 5.78. The summed E-state index contributed by atoms with van der Waals surface area (Å²) < 4.78 is 46.3. The Labute approximate surface area is 144 Å². The molecule has 1 amide bonds. The maximum absolute atomic E-state index is 12.2. The van der Waals surface area contributed by atoms with E-state index in [4.69, 9.17) is 4.74 Å². The number of carbonyl (C=O) groups is 1. The Morgan fingerprint density at radius 1 is 1.46 bits per heavy atom. The summed E-state index contributed by atoms with van der Waals surface area (Å²) in [6.07, 6.45) is -5.36. The van der Waals surface area contributed by atoms with E-state index < -0.39 is 12.5 Å². The van der Waals surface area contributed by atoms with E-state index in [1.165, 1.54) is 18.2 Å². The topological polar surface area (TPSA) is 72.5 Å². The molecule has 1 unspecified atom stereocenters. The first-order valence-electron chi connectivity index (χ1n) is 6.70. The molecule has 0 bridgehead atoms. The number of fused-ring (bicyclic) bond motifs is 1. The molecule has 0 saturated carbocycles. The first kappa shape index (κ1) is 18.7.